The lowest BCUT2D eigenvalue weighted by Crippen LogP contribution is -2.45. The molecular formula is C15H29N3O2. The number of methoxy groups -OCH3 is 1. The Balaban J connectivity index is 1.81. The number of piperidine rings is 1. The van der Waals surface area contributed by atoms with Crippen molar-refractivity contribution in [3.05, 3.63) is 0 Å². The Morgan fingerprint density at radius 1 is 1.30 bits per heavy atom. The van der Waals surface area contributed by atoms with E-state index < -0.39 is 0 Å². The van der Waals surface area contributed by atoms with Crippen molar-refractivity contribution in [3.8, 4) is 0 Å². The van der Waals surface area contributed by atoms with E-state index in [2.05, 4.69) is 4.90 Å². The van der Waals surface area contributed by atoms with Crippen LogP contribution in [0.25, 0.3) is 0 Å². The summed E-state index contributed by atoms with van der Waals surface area (Å²) in [5.41, 5.74) is 5.91. The molecule has 116 valence electrons. The molecule has 2 atom stereocenters. The van der Waals surface area contributed by atoms with Gasteiger partial charge in [0, 0.05) is 45.8 Å². The number of carbonyl (C=O) groups excluding carboxylic acids is 1. The summed E-state index contributed by atoms with van der Waals surface area (Å²) >= 11 is 0. The van der Waals surface area contributed by atoms with Crippen LogP contribution < -0.4 is 5.73 Å². The van der Waals surface area contributed by atoms with E-state index in [1.807, 2.05) is 4.90 Å². The quantitative estimate of drug-likeness (QED) is 0.779. The standard InChI is InChI=1S/C15H29N3O2/c1-20-12-13-5-8-18(11-13)14(10-16)9-15(19)17-6-3-2-4-7-17/h13-14H,2-12,16H2,1H3. The molecule has 0 saturated carbocycles. The Hall–Kier alpha value is -0.650. The number of amides is 1. The summed E-state index contributed by atoms with van der Waals surface area (Å²) in [5.74, 6) is 0.884. The highest BCUT2D eigenvalue weighted by molar-refractivity contribution is 5.77. The molecule has 2 saturated heterocycles. The lowest BCUT2D eigenvalue weighted by molar-refractivity contribution is -0.133. The van der Waals surface area contributed by atoms with Gasteiger partial charge in [0.2, 0.25) is 5.91 Å². The normalized spacial score (nSPS) is 25.9. The van der Waals surface area contributed by atoms with Gasteiger partial charge in [0.1, 0.15) is 0 Å². The van der Waals surface area contributed by atoms with Crippen molar-refractivity contribution in [2.24, 2.45) is 11.7 Å². The number of ether oxygens (including phenoxy) is 1. The van der Waals surface area contributed by atoms with E-state index in [1.54, 1.807) is 7.11 Å². The van der Waals surface area contributed by atoms with Gasteiger partial charge < -0.3 is 15.4 Å². The van der Waals surface area contributed by atoms with E-state index in [1.165, 1.54) is 6.42 Å². The Bertz CT molecular complexity index is 305. The average Bonchev–Trinajstić information content (AvgIpc) is 2.94. The van der Waals surface area contributed by atoms with Crippen molar-refractivity contribution in [2.75, 3.05) is 46.4 Å². The maximum atomic E-state index is 12.4. The smallest absolute Gasteiger partial charge is 0.224 e. The zero-order chi connectivity index (χ0) is 14.4. The molecule has 2 fully saturated rings. The molecule has 5 nitrogen and oxygen atoms in total. The predicted molar refractivity (Wildman–Crippen MR) is 79.4 cm³/mol. The number of carbonyl (C=O) groups is 1. The van der Waals surface area contributed by atoms with E-state index in [9.17, 15) is 4.79 Å². The molecule has 20 heavy (non-hydrogen) atoms. The highest BCUT2D eigenvalue weighted by Crippen LogP contribution is 2.21. The lowest BCUT2D eigenvalue weighted by atomic mass is 10.1. The van der Waals surface area contributed by atoms with Crippen molar-refractivity contribution in [2.45, 2.75) is 38.1 Å². The molecule has 2 N–H and O–H groups in total. The van der Waals surface area contributed by atoms with Gasteiger partial charge in [-0.05, 0) is 38.1 Å². The van der Waals surface area contributed by atoms with Gasteiger partial charge in [0.15, 0.2) is 0 Å². The first-order chi connectivity index (χ1) is 9.74. The fourth-order valence-corrected chi connectivity index (χ4v) is 3.40. The van der Waals surface area contributed by atoms with E-state index in [0.717, 1.165) is 52.0 Å². The molecule has 0 spiro atoms. The molecular weight excluding hydrogens is 254 g/mol. The molecule has 0 aromatic heterocycles. The molecule has 0 aliphatic carbocycles. The Morgan fingerprint density at radius 2 is 2.05 bits per heavy atom. The van der Waals surface area contributed by atoms with Gasteiger partial charge >= 0.3 is 0 Å². The maximum Gasteiger partial charge on any atom is 0.224 e. The molecule has 0 aromatic rings. The summed E-state index contributed by atoms with van der Waals surface area (Å²) in [4.78, 5) is 16.8. The van der Waals surface area contributed by atoms with Crippen molar-refractivity contribution in [1.29, 1.82) is 0 Å². The number of hydrogen-bond donors (Lipinski definition) is 1. The number of nitrogens with zero attached hydrogens (tertiary/aromatic N) is 2. The summed E-state index contributed by atoms with van der Waals surface area (Å²) in [7, 11) is 1.75. The van der Waals surface area contributed by atoms with Crippen LogP contribution in [0, 0.1) is 5.92 Å². The second-order valence-corrected chi connectivity index (χ2v) is 6.14. The third-order valence-electron chi connectivity index (χ3n) is 4.63. The second kappa shape index (κ2) is 7.96. The van der Waals surface area contributed by atoms with Gasteiger partial charge in [-0.25, -0.2) is 0 Å². The summed E-state index contributed by atoms with van der Waals surface area (Å²) in [6.45, 7) is 5.31. The van der Waals surface area contributed by atoms with Crippen LogP contribution in [0.3, 0.4) is 0 Å². The molecule has 2 aliphatic heterocycles. The number of hydrogen-bond acceptors (Lipinski definition) is 4. The fraction of sp³-hybridized carbons (Fsp3) is 0.933. The van der Waals surface area contributed by atoms with E-state index in [0.29, 0.717) is 18.9 Å². The number of rotatable bonds is 6. The van der Waals surface area contributed by atoms with Crippen molar-refractivity contribution in [3.63, 3.8) is 0 Å². The molecule has 2 aliphatic rings. The Morgan fingerprint density at radius 3 is 2.70 bits per heavy atom. The predicted octanol–water partition coefficient (Wildman–Crippen LogP) is 0.685. The van der Waals surface area contributed by atoms with Crippen molar-refractivity contribution < 1.29 is 9.53 Å². The molecule has 0 bridgehead atoms. The number of nitrogens with two attached hydrogens (primary N) is 1. The first-order valence-electron chi connectivity index (χ1n) is 7.95. The molecule has 2 heterocycles. The Labute approximate surface area is 122 Å². The minimum atomic E-state index is 0.200. The van der Waals surface area contributed by atoms with Crippen LogP contribution in [-0.4, -0.2) is 68.2 Å². The Kier molecular flexibility index (Phi) is 6.26. The highest BCUT2D eigenvalue weighted by atomic mass is 16.5. The topological polar surface area (TPSA) is 58.8 Å². The number of likely N-dealkylation sites (tertiary alicyclic amines) is 2. The van der Waals surface area contributed by atoms with Crippen molar-refractivity contribution in [1.82, 2.24) is 9.80 Å². The van der Waals surface area contributed by atoms with E-state index in [4.69, 9.17) is 10.5 Å². The monoisotopic (exact) mass is 283 g/mol. The zero-order valence-corrected chi connectivity index (χ0v) is 12.7. The summed E-state index contributed by atoms with van der Waals surface area (Å²) in [5, 5.41) is 0. The minimum Gasteiger partial charge on any atom is -0.384 e. The largest absolute Gasteiger partial charge is 0.384 e. The van der Waals surface area contributed by atoms with Crippen LogP contribution in [0.15, 0.2) is 0 Å². The van der Waals surface area contributed by atoms with E-state index in [-0.39, 0.29) is 11.9 Å². The minimum absolute atomic E-state index is 0.200. The average molecular weight is 283 g/mol. The SMILES string of the molecule is COCC1CCN(C(CN)CC(=O)N2CCCCC2)C1. The molecule has 1 amide bonds. The van der Waals surface area contributed by atoms with Crippen LogP contribution in [0.4, 0.5) is 0 Å². The third kappa shape index (κ3) is 4.17. The van der Waals surface area contributed by atoms with Gasteiger partial charge in [-0.2, -0.15) is 0 Å². The third-order valence-corrected chi connectivity index (χ3v) is 4.63. The summed E-state index contributed by atoms with van der Waals surface area (Å²) < 4.78 is 5.23. The molecule has 0 radical (unpaired) electrons. The van der Waals surface area contributed by atoms with Gasteiger partial charge in [-0.3, -0.25) is 9.69 Å². The fourth-order valence-electron chi connectivity index (χ4n) is 3.40. The summed E-state index contributed by atoms with van der Waals surface area (Å²) in [6.07, 6.45) is 5.30. The van der Waals surface area contributed by atoms with Gasteiger partial charge in [-0.1, -0.05) is 0 Å². The van der Waals surface area contributed by atoms with Gasteiger partial charge in [0.05, 0.1) is 6.61 Å². The first kappa shape index (κ1) is 15.7. The molecule has 5 heteroatoms. The van der Waals surface area contributed by atoms with E-state index >= 15 is 0 Å². The van der Waals surface area contributed by atoms with Crippen LogP contribution in [0.2, 0.25) is 0 Å². The molecule has 2 unspecified atom stereocenters. The van der Waals surface area contributed by atoms with Gasteiger partial charge in [-0.15, -0.1) is 0 Å². The van der Waals surface area contributed by atoms with Crippen LogP contribution in [0.1, 0.15) is 32.1 Å². The first-order valence-corrected chi connectivity index (χ1v) is 7.95. The van der Waals surface area contributed by atoms with Crippen LogP contribution in [0.5, 0.6) is 0 Å². The van der Waals surface area contributed by atoms with Crippen molar-refractivity contribution >= 4 is 5.91 Å². The maximum absolute atomic E-state index is 12.4. The van der Waals surface area contributed by atoms with Gasteiger partial charge in [0.25, 0.3) is 0 Å². The van der Waals surface area contributed by atoms with Crippen LogP contribution in [-0.2, 0) is 9.53 Å². The van der Waals surface area contributed by atoms with Crippen LogP contribution >= 0.6 is 0 Å². The highest BCUT2D eigenvalue weighted by Gasteiger charge is 2.30. The second-order valence-electron chi connectivity index (χ2n) is 6.14. The molecule has 0 aromatic carbocycles. The zero-order valence-electron chi connectivity index (χ0n) is 12.7. The lowest BCUT2D eigenvalue weighted by Gasteiger charge is -2.31. The molecule has 2 rings (SSSR count). The summed E-state index contributed by atoms with van der Waals surface area (Å²) in [6, 6.07) is 0.200.